The summed E-state index contributed by atoms with van der Waals surface area (Å²) in [5, 5.41) is 9.50. The smallest absolute Gasteiger partial charge is 0.422 e. The number of esters is 1. The molecule has 166 valence electrons. The van der Waals surface area contributed by atoms with Gasteiger partial charge in [0.2, 0.25) is 0 Å². The predicted octanol–water partition coefficient (Wildman–Crippen LogP) is 4.11. The van der Waals surface area contributed by atoms with Gasteiger partial charge < -0.3 is 9.84 Å². The van der Waals surface area contributed by atoms with Gasteiger partial charge in [0.1, 0.15) is 29.4 Å². The van der Waals surface area contributed by atoms with Gasteiger partial charge in [-0.15, -0.1) is 0 Å². The zero-order valence-electron chi connectivity index (χ0n) is 16.2. The average molecular weight is 437 g/mol. The van der Waals surface area contributed by atoms with Gasteiger partial charge in [-0.2, -0.15) is 13.2 Å². The van der Waals surface area contributed by atoms with E-state index in [4.69, 9.17) is 4.74 Å². The number of nitrogens with zero attached hydrogens (tertiary/aromatic N) is 1. The van der Waals surface area contributed by atoms with Gasteiger partial charge in [0.05, 0.1) is 12.1 Å². The van der Waals surface area contributed by atoms with Crippen LogP contribution in [0.4, 0.5) is 26.7 Å². The largest absolute Gasteiger partial charge is 0.466 e. The summed E-state index contributed by atoms with van der Waals surface area (Å²) in [4.78, 5) is 36.5. The van der Waals surface area contributed by atoms with Gasteiger partial charge in [-0.25, -0.2) is 13.6 Å². The van der Waals surface area contributed by atoms with Crippen LogP contribution in [0, 0.1) is 17.6 Å². The summed E-state index contributed by atoms with van der Waals surface area (Å²) < 4.78 is 71.5. The molecule has 2 atom stereocenters. The predicted molar refractivity (Wildman–Crippen MR) is 92.4 cm³/mol. The van der Waals surface area contributed by atoms with Crippen LogP contribution in [0.3, 0.4) is 0 Å². The molecule has 0 unspecified atom stereocenters. The van der Waals surface area contributed by atoms with Crippen LogP contribution in [0.1, 0.15) is 44.2 Å². The van der Waals surface area contributed by atoms with Crippen molar-refractivity contribution in [1.29, 1.82) is 0 Å². The zero-order chi connectivity index (χ0) is 22.9. The molecule has 1 amide bonds. The Bertz CT molecular complexity index is 833. The van der Waals surface area contributed by atoms with Crippen molar-refractivity contribution in [2.24, 2.45) is 5.92 Å². The number of ketones is 1. The van der Waals surface area contributed by atoms with Gasteiger partial charge in [0.25, 0.3) is 0 Å². The van der Waals surface area contributed by atoms with Crippen LogP contribution < -0.4 is 0 Å². The Morgan fingerprint density at radius 3 is 2.27 bits per heavy atom. The number of amides is 1. The topological polar surface area (TPSA) is 83.9 Å². The molecule has 11 heteroatoms. The van der Waals surface area contributed by atoms with Gasteiger partial charge in [-0.05, 0) is 44.4 Å². The Hall–Kier alpha value is -2.72. The van der Waals surface area contributed by atoms with Crippen molar-refractivity contribution in [3.05, 3.63) is 34.9 Å². The second-order valence-corrected chi connectivity index (χ2v) is 7.16. The number of hydrogen-bond acceptors (Lipinski definition) is 4. The Labute approximate surface area is 168 Å². The highest BCUT2D eigenvalue weighted by Crippen LogP contribution is 2.43. The Kier molecular flexibility index (Phi) is 6.73. The van der Waals surface area contributed by atoms with Gasteiger partial charge in [0, 0.05) is 12.5 Å². The van der Waals surface area contributed by atoms with E-state index in [9.17, 15) is 41.4 Å². The van der Waals surface area contributed by atoms with Crippen molar-refractivity contribution in [1.82, 2.24) is 4.90 Å². The molecule has 30 heavy (non-hydrogen) atoms. The van der Waals surface area contributed by atoms with E-state index in [1.54, 1.807) is 6.92 Å². The lowest BCUT2D eigenvalue weighted by Gasteiger charge is -2.46. The molecule has 1 saturated heterocycles. The van der Waals surface area contributed by atoms with E-state index >= 15 is 0 Å². The molecule has 0 spiro atoms. The maximum atomic E-state index is 14.1. The molecule has 1 fully saturated rings. The standard InChI is InChI=1S/C19H20F5NO5/c1-3-30-15(27)8-14(26)10-4-5-25(17(28)29)18(2,9-10)11-6-12(20)16(13(21)7-11)19(22,23)24/h6-7,10H,3-5,8-9H2,1-2H3,(H,28,29)/t10-,18-/m0/s1. The van der Waals surface area contributed by atoms with E-state index in [0.29, 0.717) is 12.1 Å². The molecule has 1 N–H and O–H groups in total. The first-order valence-corrected chi connectivity index (χ1v) is 9.06. The fourth-order valence-electron chi connectivity index (χ4n) is 3.73. The molecule has 0 bridgehead atoms. The summed E-state index contributed by atoms with van der Waals surface area (Å²) in [5.41, 5.74) is -4.13. The lowest BCUT2D eigenvalue weighted by Crippen LogP contribution is -2.53. The SMILES string of the molecule is CCOC(=O)CC(=O)[C@H]1CCN(C(=O)O)[C@](C)(c2cc(F)c(C(F)(F)F)c(F)c2)C1. The minimum Gasteiger partial charge on any atom is -0.466 e. The minimum absolute atomic E-state index is 0.0473. The average Bonchev–Trinajstić information content (AvgIpc) is 2.59. The molecular weight excluding hydrogens is 417 g/mol. The third-order valence-electron chi connectivity index (χ3n) is 5.20. The van der Waals surface area contributed by atoms with Crippen LogP contribution in [0.2, 0.25) is 0 Å². The first kappa shape index (κ1) is 23.6. The molecule has 0 aliphatic carbocycles. The van der Waals surface area contributed by atoms with E-state index in [2.05, 4.69) is 0 Å². The fraction of sp³-hybridized carbons (Fsp3) is 0.526. The van der Waals surface area contributed by atoms with Crippen molar-refractivity contribution >= 4 is 17.8 Å². The minimum atomic E-state index is -5.27. The molecule has 2 rings (SSSR count). The first-order valence-electron chi connectivity index (χ1n) is 9.06. The van der Waals surface area contributed by atoms with E-state index in [0.717, 1.165) is 4.90 Å². The number of carbonyl (C=O) groups is 3. The van der Waals surface area contributed by atoms with Crippen LogP contribution in [0.25, 0.3) is 0 Å². The summed E-state index contributed by atoms with van der Waals surface area (Å²) in [6, 6.07) is 0.861. The molecular formula is C19H20F5NO5. The highest BCUT2D eigenvalue weighted by Gasteiger charge is 2.46. The van der Waals surface area contributed by atoms with E-state index in [-0.39, 0.29) is 31.6 Å². The van der Waals surface area contributed by atoms with Gasteiger partial charge in [-0.3, -0.25) is 14.5 Å². The highest BCUT2D eigenvalue weighted by molar-refractivity contribution is 5.97. The van der Waals surface area contributed by atoms with Crippen LogP contribution in [0.5, 0.6) is 0 Å². The maximum Gasteiger partial charge on any atom is 0.422 e. The summed E-state index contributed by atoms with van der Waals surface area (Å²) in [5.74, 6) is -5.93. The zero-order valence-corrected chi connectivity index (χ0v) is 16.2. The molecule has 1 aliphatic heterocycles. The number of rotatable bonds is 5. The van der Waals surface area contributed by atoms with Gasteiger partial charge in [-0.1, -0.05) is 0 Å². The number of benzene rings is 1. The highest BCUT2D eigenvalue weighted by atomic mass is 19.4. The van der Waals surface area contributed by atoms with Crippen molar-refractivity contribution in [3.63, 3.8) is 0 Å². The molecule has 0 saturated carbocycles. The van der Waals surface area contributed by atoms with Gasteiger partial charge >= 0.3 is 18.2 Å². The van der Waals surface area contributed by atoms with Gasteiger partial charge in [0.15, 0.2) is 0 Å². The lowest BCUT2D eigenvalue weighted by atomic mass is 9.75. The number of alkyl halides is 3. The summed E-state index contributed by atoms with van der Waals surface area (Å²) in [7, 11) is 0. The maximum absolute atomic E-state index is 14.1. The summed E-state index contributed by atoms with van der Waals surface area (Å²) in [6.45, 7) is 2.67. The molecule has 1 aromatic rings. The van der Waals surface area contributed by atoms with Crippen molar-refractivity contribution in [2.75, 3.05) is 13.2 Å². The number of ether oxygens (including phenoxy) is 1. The molecule has 0 radical (unpaired) electrons. The first-order chi connectivity index (χ1) is 13.8. The van der Waals surface area contributed by atoms with E-state index in [1.165, 1.54) is 6.92 Å². The number of piperidine rings is 1. The number of likely N-dealkylation sites (tertiary alicyclic amines) is 1. The normalized spacial score (nSPS) is 22.0. The molecule has 1 aliphatic rings. The number of carbonyl (C=O) groups excluding carboxylic acids is 2. The van der Waals surface area contributed by atoms with E-state index in [1.807, 2.05) is 0 Å². The molecule has 1 aromatic carbocycles. The second kappa shape index (κ2) is 8.57. The van der Waals surface area contributed by atoms with Crippen molar-refractivity contribution in [2.45, 2.75) is 44.8 Å². The number of Topliss-reactive ketones (excluding diaryl/α,β-unsaturated/α-hetero) is 1. The third kappa shape index (κ3) is 4.71. The number of halogens is 5. The Balaban J connectivity index is 2.44. The van der Waals surface area contributed by atoms with Crippen molar-refractivity contribution in [3.8, 4) is 0 Å². The third-order valence-corrected chi connectivity index (χ3v) is 5.20. The Morgan fingerprint density at radius 1 is 1.23 bits per heavy atom. The second-order valence-electron chi connectivity index (χ2n) is 7.16. The fourth-order valence-corrected chi connectivity index (χ4v) is 3.73. The number of hydrogen-bond donors (Lipinski definition) is 1. The van der Waals surface area contributed by atoms with E-state index < -0.39 is 59.1 Å². The van der Waals surface area contributed by atoms with Crippen molar-refractivity contribution < 1.29 is 46.2 Å². The van der Waals surface area contributed by atoms with Crippen LogP contribution in [-0.2, 0) is 26.0 Å². The Morgan fingerprint density at radius 2 is 1.80 bits per heavy atom. The number of carboxylic acid groups (broad SMARTS) is 1. The molecule has 0 aromatic heterocycles. The molecule has 1 heterocycles. The monoisotopic (exact) mass is 437 g/mol. The van der Waals surface area contributed by atoms with Crippen LogP contribution >= 0.6 is 0 Å². The quantitative estimate of drug-likeness (QED) is 0.426. The lowest BCUT2D eigenvalue weighted by molar-refractivity contribution is -0.147. The summed E-state index contributed by atoms with van der Waals surface area (Å²) in [6.07, 6.45) is -7.51. The molecule has 6 nitrogen and oxygen atoms in total. The summed E-state index contributed by atoms with van der Waals surface area (Å²) >= 11 is 0. The van der Waals surface area contributed by atoms with Crippen LogP contribution in [0.15, 0.2) is 12.1 Å². The van der Waals surface area contributed by atoms with Crippen LogP contribution in [-0.4, -0.2) is 41.0 Å².